The van der Waals surface area contributed by atoms with E-state index >= 15 is 0 Å². The van der Waals surface area contributed by atoms with E-state index in [-0.39, 0.29) is 23.2 Å². The third-order valence-corrected chi connectivity index (χ3v) is 3.20. The van der Waals surface area contributed by atoms with Crippen LogP contribution in [-0.4, -0.2) is 27.6 Å². The molecule has 0 fully saturated rings. The number of benzene rings is 1. The zero-order chi connectivity index (χ0) is 17.1. The van der Waals surface area contributed by atoms with Gasteiger partial charge in [0.1, 0.15) is 5.69 Å². The van der Waals surface area contributed by atoms with Crippen LogP contribution in [0.1, 0.15) is 45.8 Å². The van der Waals surface area contributed by atoms with Crippen molar-refractivity contribution >= 4 is 11.8 Å². The van der Waals surface area contributed by atoms with E-state index in [1.807, 2.05) is 19.9 Å². The number of carbonyl (C=O) groups is 2. The molecule has 2 rings (SSSR count). The summed E-state index contributed by atoms with van der Waals surface area (Å²) in [6.45, 7) is 5.41. The van der Waals surface area contributed by atoms with Gasteiger partial charge in [0, 0.05) is 6.04 Å². The second-order valence-corrected chi connectivity index (χ2v) is 5.42. The molecule has 7 heteroatoms. The molecule has 0 aliphatic rings. The molecule has 0 atom stereocenters. The van der Waals surface area contributed by atoms with Crippen LogP contribution in [0.5, 0.6) is 0 Å². The number of nitrogens with two attached hydrogens (primary N) is 1. The smallest absolute Gasteiger partial charge is 0.267 e. The van der Waals surface area contributed by atoms with E-state index in [1.165, 1.54) is 23.0 Å². The maximum Gasteiger partial charge on any atom is 0.267 e. The van der Waals surface area contributed by atoms with E-state index in [0.717, 1.165) is 0 Å². The maximum atomic E-state index is 12.5. The molecule has 1 aromatic carbocycles. The Morgan fingerprint density at radius 1 is 1.39 bits per heavy atom. The Kier molecular flexibility index (Phi) is 4.46. The minimum atomic E-state index is -0.651. The van der Waals surface area contributed by atoms with E-state index in [1.54, 1.807) is 13.0 Å². The molecule has 0 radical (unpaired) electrons. The molecule has 0 aliphatic heterocycles. The van der Waals surface area contributed by atoms with Crippen molar-refractivity contribution in [2.75, 3.05) is 0 Å². The maximum absolute atomic E-state index is 12.5. The lowest BCUT2D eigenvalue weighted by molar-refractivity contribution is 0.0939. The monoisotopic (exact) mass is 311 g/mol. The molecule has 0 unspecified atom stereocenters. The largest absolute Gasteiger partial charge is 0.364 e. The Balaban J connectivity index is 2.71. The number of nitrogens with one attached hydrogen (secondary N) is 1. The van der Waals surface area contributed by atoms with Crippen molar-refractivity contribution in [3.8, 4) is 11.8 Å². The number of rotatable bonds is 4. The zero-order valence-electron chi connectivity index (χ0n) is 13.1. The Morgan fingerprint density at radius 2 is 2.09 bits per heavy atom. The first-order valence-corrected chi connectivity index (χ1v) is 7.05. The van der Waals surface area contributed by atoms with Gasteiger partial charge in [-0.15, -0.1) is 0 Å². The van der Waals surface area contributed by atoms with E-state index < -0.39 is 5.91 Å². The number of nitriles is 1. The highest BCUT2D eigenvalue weighted by molar-refractivity contribution is 6.00. The van der Waals surface area contributed by atoms with Crippen LogP contribution in [0.3, 0.4) is 0 Å². The number of aryl methyl sites for hydroxylation is 1. The van der Waals surface area contributed by atoms with Crippen molar-refractivity contribution in [3.63, 3.8) is 0 Å². The number of hydrogen-bond acceptors (Lipinski definition) is 4. The van der Waals surface area contributed by atoms with Crippen LogP contribution in [0.2, 0.25) is 0 Å². The van der Waals surface area contributed by atoms with Gasteiger partial charge in [-0.25, -0.2) is 4.68 Å². The summed E-state index contributed by atoms with van der Waals surface area (Å²) in [4.78, 5) is 24.1. The second-order valence-electron chi connectivity index (χ2n) is 5.42. The topological polar surface area (TPSA) is 114 Å². The molecule has 0 spiro atoms. The van der Waals surface area contributed by atoms with E-state index in [0.29, 0.717) is 16.8 Å². The fourth-order valence-electron chi connectivity index (χ4n) is 2.31. The number of nitrogens with zero attached hydrogens (tertiary/aromatic N) is 3. The van der Waals surface area contributed by atoms with Gasteiger partial charge in [-0.1, -0.05) is 0 Å². The average Bonchev–Trinajstić information content (AvgIpc) is 2.94. The van der Waals surface area contributed by atoms with Gasteiger partial charge in [0.25, 0.3) is 11.8 Å². The molecular formula is C16H17N5O2. The van der Waals surface area contributed by atoms with Gasteiger partial charge in [-0.05, 0) is 44.5 Å². The zero-order valence-corrected chi connectivity index (χ0v) is 13.1. The predicted octanol–water partition coefficient (Wildman–Crippen LogP) is 1.29. The Bertz CT molecular complexity index is 814. The molecule has 0 aliphatic carbocycles. The van der Waals surface area contributed by atoms with Crippen molar-refractivity contribution in [1.29, 1.82) is 5.26 Å². The van der Waals surface area contributed by atoms with Gasteiger partial charge >= 0.3 is 0 Å². The third kappa shape index (κ3) is 3.21. The number of aromatic nitrogens is 2. The van der Waals surface area contributed by atoms with Crippen LogP contribution in [0.15, 0.2) is 24.4 Å². The van der Waals surface area contributed by atoms with Crippen molar-refractivity contribution in [3.05, 3.63) is 46.8 Å². The van der Waals surface area contributed by atoms with Crippen LogP contribution < -0.4 is 11.1 Å². The highest BCUT2D eigenvalue weighted by Gasteiger charge is 2.21. The summed E-state index contributed by atoms with van der Waals surface area (Å²) in [5.41, 5.74) is 7.21. The molecule has 2 amide bonds. The summed E-state index contributed by atoms with van der Waals surface area (Å²) < 4.78 is 1.33. The molecule has 7 nitrogen and oxygen atoms in total. The van der Waals surface area contributed by atoms with Gasteiger partial charge in [0.05, 0.1) is 29.1 Å². The molecule has 2 aromatic rings. The van der Waals surface area contributed by atoms with Crippen molar-refractivity contribution in [2.24, 2.45) is 5.73 Å². The summed E-state index contributed by atoms with van der Waals surface area (Å²) in [7, 11) is 0. The van der Waals surface area contributed by atoms with Crippen molar-refractivity contribution in [2.45, 2.75) is 26.8 Å². The number of amides is 2. The molecule has 0 saturated heterocycles. The van der Waals surface area contributed by atoms with Crippen LogP contribution in [0.4, 0.5) is 0 Å². The Hall–Kier alpha value is -3.14. The third-order valence-electron chi connectivity index (χ3n) is 3.20. The standard InChI is InChI=1S/C16H17N5O2/c1-9(2)20-16(23)12-7-11(8-17)6-10(3)14(12)21-13(15(18)22)4-5-19-21/h4-7,9H,1-3H3,(H2,18,22)(H,20,23). The molecule has 23 heavy (non-hydrogen) atoms. The minimum Gasteiger partial charge on any atom is -0.364 e. The highest BCUT2D eigenvalue weighted by Crippen LogP contribution is 2.23. The van der Waals surface area contributed by atoms with Crippen LogP contribution in [0.25, 0.3) is 5.69 Å². The lowest BCUT2D eigenvalue weighted by Crippen LogP contribution is -2.31. The average molecular weight is 311 g/mol. The van der Waals surface area contributed by atoms with Crippen LogP contribution in [-0.2, 0) is 0 Å². The van der Waals surface area contributed by atoms with Gasteiger partial charge in [-0.3, -0.25) is 9.59 Å². The summed E-state index contributed by atoms with van der Waals surface area (Å²) in [5, 5.41) is 16.0. The van der Waals surface area contributed by atoms with Gasteiger partial charge in [0.2, 0.25) is 0 Å². The quantitative estimate of drug-likeness (QED) is 0.885. The first-order chi connectivity index (χ1) is 10.8. The Labute approximate surface area is 133 Å². The van der Waals surface area contributed by atoms with Gasteiger partial charge in [-0.2, -0.15) is 10.4 Å². The predicted molar refractivity (Wildman–Crippen MR) is 84.1 cm³/mol. The SMILES string of the molecule is Cc1cc(C#N)cc(C(=O)NC(C)C)c1-n1nccc1C(N)=O. The normalized spacial score (nSPS) is 10.4. The summed E-state index contributed by atoms with van der Waals surface area (Å²) in [6, 6.07) is 6.54. The molecule has 0 saturated carbocycles. The molecule has 118 valence electrons. The summed E-state index contributed by atoms with van der Waals surface area (Å²) in [6.07, 6.45) is 1.43. The molecule has 3 N–H and O–H groups in total. The fourth-order valence-corrected chi connectivity index (χ4v) is 2.31. The summed E-state index contributed by atoms with van der Waals surface area (Å²) in [5.74, 6) is -0.998. The van der Waals surface area contributed by atoms with Crippen LogP contribution in [0, 0.1) is 18.3 Å². The molecule has 0 bridgehead atoms. The highest BCUT2D eigenvalue weighted by atomic mass is 16.2. The lowest BCUT2D eigenvalue weighted by Gasteiger charge is -2.16. The summed E-state index contributed by atoms with van der Waals surface area (Å²) >= 11 is 0. The number of primary amides is 1. The molecule has 1 heterocycles. The Morgan fingerprint density at radius 3 is 2.65 bits per heavy atom. The van der Waals surface area contributed by atoms with Gasteiger partial charge in [0.15, 0.2) is 0 Å². The first kappa shape index (κ1) is 16.2. The minimum absolute atomic E-state index is 0.0744. The van der Waals surface area contributed by atoms with E-state index in [2.05, 4.69) is 10.4 Å². The van der Waals surface area contributed by atoms with Crippen molar-refractivity contribution < 1.29 is 9.59 Å². The van der Waals surface area contributed by atoms with Gasteiger partial charge < -0.3 is 11.1 Å². The molecule has 1 aromatic heterocycles. The number of carbonyl (C=O) groups excluding carboxylic acids is 2. The molecular weight excluding hydrogens is 294 g/mol. The van der Waals surface area contributed by atoms with E-state index in [9.17, 15) is 9.59 Å². The van der Waals surface area contributed by atoms with E-state index in [4.69, 9.17) is 11.0 Å². The second kappa shape index (κ2) is 6.32. The fraction of sp³-hybridized carbons (Fsp3) is 0.250. The number of hydrogen-bond donors (Lipinski definition) is 2. The first-order valence-electron chi connectivity index (χ1n) is 7.05. The lowest BCUT2D eigenvalue weighted by atomic mass is 10.0. The van der Waals surface area contributed by atoms with Crippen LogP contribution >= 0.6 is 0 Å². The van der Waals surface area contributed by atoms with Crippen molar-refractivity contribution in [1.82, 2.24) is 15.1 Å².